The van der Waals surface area contributed by atoms with Crippen LogP contribution in [0.2, 0.25) is 0 Å². The third-order valence-corrected chi connectivity index (χ3v) is 1.31. The van der Waals surface area contributed by atoms with Crippen LogP contribution in [0.3, 0.4) is 0 Å². The Morgan fingerprint density at radius 1 is 1.15 bits per heavy atom. The van der Waals surface area contributed by atoms with E-state index in [1.165, 1.54) is 6.66 Å². The normalized spacial score (nSPS) is 12.3. The van der Waals surface area contributed by atoms with E-state index < -0.39 is 26.4 Å². The summed E-state index contributed by atoms with van der Waals surface area (Å²) in [5, 5.41) is 0. The highest BCUT2D eigenvalue weighted by Crippen LogP contribution is 2.20. The molecule has 0 saturated carbocycles. The maximum Gasteiger partial charge on any atom is 0.370 e. The van der Waals surface area contributed by atoms with Gasteiger partial charge < -0.3 is 9.47 Å². The van der Waals surface area contributed by atoms with E-state index in [1.54, 1.807) is 0 Å². The Bertz CT molecular complexity index is 187. The Labute approximate surface area is 76.0 Å². The predicted molar refractivity (Wildman–Crippen MR) is 43.3 cm³/mol. The molecule has 0 aromatic carbocycles. The lowest BCUT2D eigenvalue weighted by atomic mass is 10.8. The topological polar surface area (TPSA) is 78.9 Å². The average molecular weight is 210 g/mol. The van der Waals surface area contributed by atoms with E-state index in [0.29, 0.717) is 0 Å². The van der Waals surface area contributed by atoms with Gasteiger partial charge in [-0.15, -0.1) is 0 Å². The van der Waals surface area contributed by atoms with Crippen molar-refractivity contribution in [1.29, 1.82) is 0 Å². The van der Waals surface area contributed by atoms with Crippen molar-refractivity contribution in [3.05, 3.63) is 0 Å². The highest BCUT2D eigenvalue weighted by atomic mass is 31.1. The van der Waals surface area contributed by atoms with Crippen LogP contribution in [0.1, 0.15) is 13.8 Å². The second kappa shape index (κ2) is 5.72. The Kier molecular flexibility index (Phi) is 5.34. The average Bonchev–Trinajstić information content (AvgIpc) is 1.80. The molecule has 0 saturated heterocycles. The van der Waals surface area contributed by atoms with E-state index in [-0.39, 0.29) is 0 Å². The zero-order chi connectivity index (χ0) is 10.4. The van der Waals surface area contributed by atoms with Crippen LogP contribution in [0.5, 0.6) is 0 Å². The summed E-state index contributed by atoms with van der Waals surface area (Å²) in [6.07, 6.45) is 0. The van der Waals surface area contributed by atoms with Crippen molar-refractivity contribution in [2.75, 3.05) is 6.66 Å². The number of carbonyl (C=O) groups excluding carboxylic acids is 2. The number of ether oxygens (including phenoxy) is 2. The van der Waals surface area contributed by atoms with Gasteiger partial charge in [-0.2, -0.15) is 0 Å². The zero-order valence-electron chi connectivity index (χ0n) is 7.53. The standard InChI is InChI=1S/C6H11O6P/c1-4(7)10-6(11-5(2)8)12-13(3)9/h6,13H,1-3H3. The Hall–Kier alpha value is -0.870. The molecule has 0 heterocycles. The van der Waals surface area contributed by atoms with Crippen molar-refractivity contribution in [2.45, 2.75) is 20.3 Å². The summed E-state index contributed by atoms with van der Waals surface area (Å²) in [4.78, 5) is 20.9. The van der Waals surface area contributed by atoms with Crippen molar-refractivity contribution in [3.8, 4) is 0 Å². The van der Waals surface area contributed by atoms with Gasteiger partial charge in [-0.05, 0) is 0 Å². The molecule has 13 heavy (non-hydrogen) atoms. The van der Waals surface area contributed by atoms with Gasteiger partial charge in [0.2, 0.25) is 0 Å². The molecular weight excluding hydrogens is 199 g/mol. The molecule has 0 amide bonds. The molecule has 0 aromatic heterocycles. The SMILES string of the molecule is CC(=O)OC(OC(C)=O)O[PH](C)=O. The van der Waals surface area contributed by atoms with Crippen LogP contribution < -0.4 is 0 Å². The minimum Gasteiger partial charge on any atom is -0.400 e. The maximum absolute atomic E-state index is 10.6. The molecule has 1 unspecified atom stereocenters. The van der Waals surface area contributed by atoms with Crippen LogP contribution >= 0.6 is 8.03 Å². The Morgan fingerprint density at radius 2 is 1.54 bits per heavy atom. The van der Waals surface area contributed by atoms with Crippen molar-refractivity contribution >= 4 is 20.0 Å². The molecule has 7 heteroatoms. The lowest BCUT2D eigenvalue weighted by Gasteiger charge is -2.14. The third kappa shape index (κ3) is 7.49. The smallest absolute Gasteiger partial charge is 0.370 e. The molecule has 0 radical (unpaired) electrons. The quantitative estimate of drug-likeness (QED) is 0.382. The number of rotatable bonds is 4. The van der Waals surface area contributed by atoms with Crippen molar-refractivity contribution in [1.82, 2.24) is 0 Å². The van der Waals surface area contributed by atoms with Crippen molar-refractivity contribution in [3.63, 3.8) is 0 Å². The fourth-order valence-electron chi connectivity index (χ4n) is 0.479. The second-order valence-corrected chi connectivity index (χ2v) is 3.34. The van der Waals surface area contributed by atoms with Crippen LogP contribution in [0, 0.1) is 0 Å². The van der Waals surface area contributed by atoms with E-state index >= 15 is 0 Å². The van der Waals surface area contributed by atoms with Gasteiger partial charge in [0.05, 0.1) is 0 Å². The lowest BCUT2D eigenvalue weighted by Crippen LogP contribution is -2.23. The summed E-state index contributed by atoms with van der Waals surface area (Å²) in [5.74, 6) is -1.37. The molecule has 0 aliphatic carbocycles. The van der Waals surface area contributed by atoms with E-state index in [4.69, 9.17) is 0 Å². The van der Waals surface area contributed by atoms with Gasteiger partial charge in [-0.3, -0.25) is 18.7 Å². The van der Waals surface area contributed by atoms with E-state index in [2.05, 4.69) is 14.0 Å². The molecular formula is C6H11O6P. The summed E-state index contributed by atoms with van der Waals surface area (Å²) in [6.45, 7) is 2.01. The second-order valence-electron chi connectivity index (χ2n) is 2.12. The van der Waals surface area contributed by atoms with E-state index in [0.717, 1.165) is 13.8 Å². The van der Waals surface area contributed by atoms with Gasteiger partial charge in [0, 0.05) is 20.5 Å². The molecule has 0 aromatic rings. The summed E-state index contributed by atoms with van der Waals surface area (Å²) >= 11 is 0. The fourth-order valence-corrected chi connectivity index (χ4v) is 0.846. The third-order valence-electron chi connectivity index (χ3n) is 0.787. The van der Waals surface area contributed by atoms with E-state index in [1.807, 2.05) is 0 Å². The lowest BCUT2D eigenvalue weighted by molar-refractivity contribution is -0.231. The molecule has 0 aliphatic heterocycles. The van der Waals surface area contributed by atoms with Gasteiger partial charge >= 0.3 is 18.4 Å². The first-order valence-electron chi connectivity index (χ1n) is 3.43. The van der Waals surface area contributed by atoms with Crippen LogP contribution in [-0.4, -0.2) is 25.1 Å². The Morgan fingerprint density at radius 3 is 1.77 bits per heavy atom. The summed E-state index contributed by atoms with van der Waals surface area (Å²) in [5.41, 5.74) is 0. The first-order valence-corrected chi connectivity index (χ1v) is 5.25. The fraction of sp³-hybridized carbons (Fsp3) is 0.667. The molecule has 0 spiro atoms. The van der Waals surface area contributed by atoms with Crippen molar-refractivity contribution < 1.29 is 28.2 Å². The number of hydrogen-bond donors (Lipinski definition) is 0. The summed E-state index contributed by atoms with van der Waals surface area (Å²) < 4.78 is 23.9. The molecule has 1 atom stereocenters. The first kappa shape index (κ1) is 12.1. The zero-order valence-corrected chi connectivity index (χ0v) is 8.53. The van der Waals surface area contributed by atoms with Gasteiger partial charge in [-0.25, -0.2) is 0 Å². The largest absolute Gasteiger partial charge is 0.400 e. The predicted octanol–water partition coefficient (Wildman–Crippen LogP) is 0.517. The molecule has 0 N–H and O–H groups in total. The highest BCUT2D eigenvalue weighted by molar-refractivity contribution is 7.38. The molecule has 76 valence electrons. The van der Waals surface area contributed by atoms with Crippen molar-refractivity contribution in [2.24, 2.45) is 0 Å². The molecule has 0 rings (SSSR count). The molecule has 0 fully saturated rings. The minimum atomic E-state index is -2.33. The van der Waals surface area contributed by atoms with Crippen LogP contribution in [0.15, 0.2) is 0 Å². The van der Waals surface area contributed by atoms with Gasteiger partial charge in [0.1, 0.15) is 0 Å². The van der Waals surface area contributed by atoms with E-state index in [9.17, 15) is 14.2 Å². The Balaban J connectivity index is 4.10. The molecule has 0 bridgehead atoms. The number of carbonyl (C=O) groups is 2. The van der Waals surface area contributed by atoms with Gasteiger partial charge in [0.25, 0.3) is 0 Å². The monoisotopic (exact) mass is 210 g/mol. The highest BCUT2D eigenvalue weighted by Gasteiger charge is 2.16. The van der Waals surface area contributed by atoms with Gasteiger partial charge in [-0.1, -0.05) is 0 Å². The molecule has 0 aliphatic rings. The van der Waals surface area contributed by atoms with Crippen LogP contribution in [0.25, 0.3) is 0 Å². The number of hydrogen-bond acceptors (Lipinski definition) is 6. The number of esters is 2. The maximum atomic E-state index is 10.6. The minimum absolute atomic E-state index is 0.686. The summed E-state index contributed by atoms with van der Waals surface area (Å²) in [7, 11) is -2.33. The first-order chi connectivity index (χ1) is 5.91. The van der Waals surface area contributed by atoms with Crippen LogP contribution in [0.4, 0.5) is 0 Å². The van der Waals surface area contributed by atoms with Gasteiger partial charge in [0.15, 0.2) is 8.03 Å². The molecule has 6 nitrogen and oxygen atoms in total. The van der Waals surface area contributed by atoms with Crippen LogP contribution in [-0.2, 0) is 28.2 Å². The summed E-state index contributed by atoms with van der Waals surface area (Å²) in [6, 6.07) is 0.